The smallest absolute Gasteiger partial charge is 0.256 e. The van der Waals surface area contributed by atoms with Crippen molar-refractivity contribution in [1.29, 1.82) is 0 Å². The minimum absolute atomic E-state index is 0.0398. The van der Waals surface area contributed by atoms with Crippen molar-refractivity contribution >= 4 is 23.1 Å². The molecular formula is C14H16FN3OS. The van der Waals surface area contributed by atoms with Gasteiger partial charge in [-0.2, -0.15) is 0 Å². The molecule has 106 valence electrons. The summed E-state index contributed by atoms with van der Waals surface area (Å²) in [5.41, 5.74) is 0.0398. The number of likely N-dealkylation sites (N-methyl/N-ethyl adjacent to an activating group) is 1. The molecule has 0 unspecified atom stereocenters. The van der Waals surface area contributed by atoms with Crippen LogP contribution in [-0.2, 0) is 6.42 Å². The molecule has 6 heteroatoms. The van der Waals surface area contributed by atoms with E-state index in [1.165, 1.54) is 22.0 Å². The summed E-state index contributed by atoms with van der Waals surface area (Å²) < 4.78 is 14.0. The highest BCUT2D eigenvalue weighted by molar-refractivity contribution is 7.09. The Balaban J connectivity index is 2.06. The number of rotatable bonds is 5. The third-order valence-corrected chi connectivity index (χ3v) is 3.91. The molecule has 0 fully saturated rings. The number of halogens is 1. The molecule has 0 aromatic carbocycles. The number of amides is 1. The Bertz CT molecular complexity index is 586. The lowest BCUT2D eigenvalue weighted by Gasteiger charge is -2.17. The lowest BCUT2D eigenvalue weighted by Crippen LogP contribution is -2.29. The van der Waals surface area contributed by atoms with Gasteiger partial charge in [0.25, 0.3) is 5.91 Å². The van der Waals surface area contributed by atoms with Crippen molar-refractivity contribution in [3.05, 3.63) is 46.0 Å². The van der Waals surface area contributed by atoms with E-state index in [9.17, 15) is 9.18 Å². The van der Waals surface area contributed by atoms with E-state index < -0.39 is 5.82 Å². The number of aromatic nitrogens is 1. The Labute approximate surface area is 121 Å². The van der Waals surface area contributed by atoms with Crippen LogP contribution in [0.1, 0.15) is 15.2 Å². The first-order chi connectivity index (χ1) is 9.63. The maximum Gasteiger partial charge on any atom is 0.256 e. The lowest BCUT2D eigenvalue weighted by atomic mass is 10.2. The van der Waals surface area contributed by atoms with Crippen molar-refractivity contribution in [2.45, 2.75) is 6.42 Å². The average molecular weight is 293 g/mol. The molecule has 0 aliphatic rings. The zero-order valence-electron chi connectivity index (χ0n) is 11.4. The molecule has 1 amide bonds. The largest absolute Gasteiger partial charge is 0.371 e. The van der Waals surface area contributed by atoms with Gasteiger partial charge < -0.3 is 10.2 Å². The number of carbonyl (C=O) groups excluding carboxylic acids is 1. The summed E-state index contributed by atoms with van der Waals surface area (Å²) in [4.78, 5) is 18.8. The second-order valence-corrected chi connectivity index (χ2v) is 5.36. The molecule has 2 rings (SSSR count). The minimum atomic E-state index is -0.608. The van der Waals surface area contributed by atoms with Gasteiger partial charge in [-0.3, -0.25) is 4.79 Å². The highest BCUT2D eigenvalue weighted by Gasteiger charge is 2.18. The Hall–Kier alpha value is -1.95. The summed E-state index contributed by atoms with van der Waals surface area (Å²) >= 11 is 1.65. The van der Waals surface area contributed by atoms with Gasteiger partial charge in [-0.25, -0.2) is 9.37 Å². The molecule has 0 bridgehead atoms. The molecule has 0 saturated heterocycles. The molecule has 0 aliphatic carbocycles. The van der Waals surface area contributed by atoms with Crippen LogP contribution in [0.15, 0.2) is 29.8 Å². The first kappa shape index (κ1) is 14.5. The predicted molar refractivity (Wildman–Crippen MR) is 78.7 cm³/mol. The van der Waals surface area contributed by atoms with E-state index in [2.05, 4.69) is 10.3 Å². The van der Waals surface area contributed by atoms with E-state index >= 15 is 0 Å². The minimum Gasteiger partial charge on any atom is -0.371 e. The predicted octanol–water partition coefficient (Wildman–Crippen LogP) is 2.64. The highest BCUT2D eigenvalue weighted by atomic mass is 32.1. The summed E-state index contributed by atoms with van der Waals surface area (Å²) in [6.45, 7) is 0.552. The SMILES string of the molecule is CNc1nccc(C(=O)N(C)CCc2cccs2)c1F. The van der Waals surface area contributed by atoms with Crippen molar-refractivity contribution in [1.82, 2.24) is 9.88 Å². The molecule has 0 saturated carbocycles. The Kier molecular flexibility index (Phi) is 4.68. The average Bonchev–Trinajstić information content (AvgIpc) is 2.97. The van der Waals surface area contributed by atoms with E-state index in [4.69, 9.17) is 0 Å². The number of nitrogens with zero attached hydrogens (tertiary/aromatic N) is 2. The summed E-state index contributed by atoms with van der Waals surface area (Å²) in [6, 6.07) is 5.40. The van der Waals surface area contributed by atoms with E-state index in [0.717, 1.165) is 6.42 Å². The molecule has 0 aliphatic heterocycles. The van der Waals surface area contributed by atoms with Gasteiger partial charge >= 0.3 is 0 Å². The second kappa shape index (κ2) is 6.47. The van der Waals surface area contributed by atoms with E-state index in [1.807, 2.05) is 17.5 Å². The monoisotopic (exact) mass is 293 g/mol. The van der Waals surface area contributed by atoms with Crippen LogP contribution in [0.2, 0.25) is 0 Å². The third kappa shape index (κ3) is 3.14. The summed E-state index contributed by atoms with van der Waals surface area (Å²) in [6.07, 6.45) is 2.20. The standard InChI is InChI=1S/C14H16FN3OS/c1-16-13-12(15)11(5-7-17-13)14(19)18(2)8-6-10-4-3-9-20-10/h3-5,7,9H,6,8H2,1-2H3,(H,16,17). The van der Waals surface area contributed by atoms with Crippen LogP contribution in [0.4, 0.5) is 10.2 Å². The van der Waals surface area contributed by atoms with Gasteiger partial charge in [0.1, 0.15) is 0 Å². The van der Waals surface area contributed by atoms with Crippen molar-refractivity contribution in [2.24, 2.45) is 0 Å². The summed E-state index contributed by atoms with van der Waals surface area (Å²) in [5, 5.41) is 4.63. The zero-order valence-corrected chi connectivity index (χ0v) is 12.2. The fourth-order valence-electron chi connectivity index (χ4n) is 1.82. The summed E-state index contributed by atoms with van der Waals surface area (Å²) in [5.74, 6) is -0.858. The van der Waals surface area contributed by atoms with Gasteiger partial charge in [-0.05, 0) is 23.9 Å². The number of pyridine rings is 1. The second-order valence-electron chi connectivity index (χ2n) is 4.33. The topological polar surface area (TPSA) is 45.2 Å². The van der Waals surface area contributed by atoms with Crippen LogP contribution < -0.4 is 5.32 Å². The Morgan fingerprint density at radius 2 is 2.30 bits per heavy atom. The molecule has 1 N–H and O–H groups in total. The van der Waals surface area contributed by atoms with Crippen molar-refractivity contribution < 1.29 is 9.18 Å². The van der Waals surface area contributed by atoms with Crippen molar-refractivity contribution in [3.63, 3.8) is 0 Å². The molecule has 0 atom stereocenters. The number of thiophene rings is 1. The van der Waals surface area contributed by atoms with Gasteiger partial charge in [0.15, 0.2) is 11.6 Å². The first-order valence-corrected chi connectivity index (χ1v) is 7.11. The van der Waals surface area contributed by atoms with E-state index in [1.54, 1.807) is 25.4 Å². The molecule has 4 nitrogen and oxygen atoms in total. The fraction of sp³-hybridized carbons (Fsp3) is 0.286. The normalized spacial score (nSPS) is 10.3. The van der Waals surface area contributed by atoms with Gasteiger partial charge in [-0.1, -0.05) is 6.07 Å². The van der Waals surface area contributed by atoms with E-state index in [0.29, 0.717) is 6.54 Å². The molecular weight excluding hydrogens is 277 g/mol. The van der Waals surface area contributed by atoms with Crippen LogP contribution >= 0.6 is 11.3 Å². The molecule has 0 spiro atoms. The maximum atomic E-state index is 14.0. The van der Waals surface area contributed by atoms with Gasteiger partial charge in [-0.15, -0.1) is 11.3 Å². The van der Waals surface area contributed by atoms with Gasteiger partial charge in [0, 0.05) is 31.7 Å². The molecule has 0 radical (unpaired) electrons. The number of hydrogen-bond acceptors (Lipinski definition) is 4. The number of nitrogens with one attached hydrogen (secondary N) is 1. The highest BCUT2D eigenvalue weighted by Crippen LogP contribution is 2.16. The molecule has 20 heavy (non-hydrogen) atoms. The van der Waals surface area contributed by atoms with Crippen molar-refractivity contribution in [3.8, 4) is 0 Å². The van der Waals surface area contributed by atoms with E-state index in [-0.39, 0.29) is 17.3 Å². The molecule has 2 aromatic rings. The van der Waals surface area contributed by atoms with Crippen LogP contribution in [0, 0.1) is 5.82 Å². The van der Waals surface area contributed by atoms with Crippen LogP contribution in [0.5, 0.6) is 0 Å². The molecule has 2 heterocycles. The zero-order chi connectivity index (χ0) is 14.5. The van der Waals surface area contributed by atoms with Gasteiger partial charge in [0.05, 0.1) is 5.56 Å². The third-order valence-electron chi connectivity index (χ3n) is 2.98. The lowest BCUT2D eigenvalue weighted by molar-refractivity contribution is 0.0792. The fourth-order valence-corrected chi connectivity index (χ4v) is 2.52. The Morgan fingerprint density at radius 1 is 1.50 bits per heavy atom. The van der Waals surface area contributed by atoms with Crippen LogP contribution in [0.3, 0.4) is 0 Å². The number of anilines is 1. The van der Waals surface area contributed by atoms with Gasteiger partial charge in [0.2, 0.25) is 0 Å². The van der Waals surface area contributed by atoms with Crippen LogP contribution in [0.25, 0.3) is 0 Å². The quantitative estimate of drug-likeness (QED) is 0.922. The number of carbonyl (C=O) groups is 1. The first-order valence-electron chi connectivity index (χ1n) is 6.23. The van der Waals surface area contributed by atoms with Crippen molar-refractivity contribution in [2.75, 3.05) is 26.0 Å². The summed E-state index contributed by atoms with van der Waals surface area (Å²) in [7, 11) is 3.25. The van der Waals surface area contributed by atoms with Crippen LogP contribution in [-0.4, -0.2) is 36.4 Å². The Morgan fingerprint density at radius 3 is 2.95 bits per heavy atom. The maximum absolute atomic E-state index is 14.0. The molecule has 2 aromatic heterocycles. The number of hydrogen-bond donors (Lipinski definition) is 1.